The van der Waals surface area contributed by atoms with Gasteiger partial charge in [0.15, 0.2) is 0 Å². The van der Waals surface area contributed by atoms with Gasteiger partial charge in [0.05, 0.1) is 11.6 Å². The number of benzene rings is 3. The molecule has 2 nitrogen and oxygen atoms in total. The van der Waals surface area contributed by atoms with Gasteiger partial charge in [0.25, 0.3) is 0 Å². The Hall–Kier alpha value is -2.42. The Labute approximate surface area is 187 Å². The van der Waals surface area contributed by atoms with Crippen LogP contribution in [0.5, 0.6) is 0 Å². The molecule has 1 saturated heterocycles. The predicted molar refractivity (Wildman–Crippen MR) is 129 cm³/mol. The van der Waals surface area contributed by atoms with Crippen molar-refractivity contribution in [2.75, 3.05) is 0 Å². The summed E-state index contributed by atoms with van der Waals surface area (Å²) in [6.07, 6.45) is 3.00. The first kappa shape index (κ1) is 21.8. The van der Waals surface area contributed by atoms with Gasteiger partial charge in [-0.3, -0.25) is 4.90 Å². The van der Waals surface area contributed by atoms with Crippen LogP contribution in [0.4, 0.5) is 0 Å². The Kier molecular flexibility index (Phi) is 6.31. The standard InChI is InChI=1S/C29H35NO/c1-21-12-8-10-16-26(21)28(27-17-11-9-13-22(27)2)30-23(3)18-19-25(30)20-29(4,31)24-14-6-5-7-15-24/h5-17,23,25,28,31H,18-20H2,1-4H3. The van der Waals surface area contributed by atoms with Crippen LogP contribution in [0.2, 0.25) is 0 Å². The lowest BCUT2D eigenvalue weighted by Gasteiger charge is -2.40. The fourth-order valence-corrected chi connectivity index (χ4v) is 5.41. The third kappa shape index (κ3) is 4.46. The Morgan fingerprint density at radius 2 is 1.35 bits per heavy atom. The summed E-state index contributed by atoms with van der Waals surface area (Å²) >= 11 is 0. The second-order valence-corrected chi connectivity index (χ2v) is 9.49. The molecule has 3 aromatic rings. The molecular weight excluding hydrogens is 378 g/mol. The molecule has 1 heterocycles. The lowest BCUT2D eigenvalue weighted by molar-refractivity contribution is 0.0116. The molecule has 0 aliphatic carbocycles. The van der Waals surface area contributed by atoms with E-state index in [1.165, 1.54) is 22.3 Å². The summed E-state index contributed by atoms with van der Waals surface area (Å²) in [4.78, 5) is 2.68. The summed E-state index contributed by atoms with van der Waals surface area (Å²) in [7, 11) is 0. The summed E-state index contributed by atoms with van der Waals surface area (Å²) in [5.74, 6) is 0. The predicted octanol–water partition coefficient (Wildman–Crippen LogP) is 6.54. The molecule has 1 aliphatic rings. The lowest BCUT2D eigenvalue weighted by atomic mass is 9.86. The van der Waals surface area contributed by atoms with E-state index in [1.54, 1.807) is 0 Å². The molecule has 0 aromatic heterocycles. The van der Waals surface area contributed by atoms with Crippen LogP contribution in [0.1, 0.15) is 67.0 Å². The molecule has 162 valence electrons. The molecule has 0 spiro atoms. The van der Waals surface area contributed by atoms with Crippen molar-refractivity contribution in [3.63, 3.8) is 0 Å². The van der Waals surface area contributed by atoms with Crippen LogP contribution in [-0.2, 0) is 5.60 Å². The third-order valence-electron chi connectivity index (χ3n) is 7.14. The topological polar surface area (TPSA) is 23.5 Å². The fourth-order valence-electron chi connectivity index (χ4n) is 5.41. The molecule has 31 heavy (non-hydrogen) atoms. The molecule has 1 fully saturated rings. The minimum atomic E-state index is -0.851. The van der Waals surface area contributed by atoms with Crippen molar-refractivity contribution in [3.8, 4) is 0 Å². The molecule has 0 amide bonds. The van der Waals surface area contributed by atoms with Gasteiger partial charge in [0, 0.05) is 12.1 Å². The van der Waals surface area contributed by atoms with E-state index in [0.29, 0.717) is 12.1 Å². The maximum Gasteiger partial charge on any atom is 0.0883 e. The Morgan fingerprint density at radius 3 is 1.90 bits per heavy atom. The van der Waals surface area contributed by atoms with Crippen molar-refractivity contribution in [3.05, 3.63) is 107 Å². The highest BCUT2D eigenvalue weighted by molar-refractivity contribution is 5.41. The second kappa shape index (κ2) is 8.98. The van der Waals surface area contributed by atoms with Crippen LogP contribution in [0.15, 0.2) is 78.9 Å². The van der Waals surface area contributed by atoms with Gasteiger partial charge in [-0.05, 0) is 74.8 Å². The average Bonchev–Trinajstić information content (AvgIpc) is 3.11. The zero-order chi connectivity index (χ0) is 22.0. The highest BCUT2D eigenvalue weighted by atomic mass is 16.3. The molecule has 4 rings (SSSR count). The summed E-state index contributed by atoms with van der Waals surface area (Å²) in [5, 5.41) is 11.5. The quantitative estimate of drug-likeness (QED) is 0.496. The zero-order valence-corrected chi connectivity index (χ0v) is 19.3. The van der Waals surface area contributed by atoms with Crippen molar-refractivity contribution in [2.24, 2.45) is 0 Å². The molecule has 2 heteroatoms. The van der Waals surface area contributed by atoms with E-state index in [0.717, 1.165) is 24.8 Å². The fraction of sp³-hybridized carbons (Fsp3) is 0.379. The second-order valence-electron chi connectivity index (χ2n) is 9.49. The molecule has 3 atom stereocenters. The molecule has 0 radical (unpaired) electrons. The van der Waals surface area contributed by atoms with Crippen molar-refractivity contribution in [1.82, 2.24) is 4.90 Å². The van der Waals surface area contributed by atoms with Gasteiger partial charge >= 0.3 is 0 Å². The molecule has 3 unspecified atom stereocenters. The van der Waals surface area contributed by atoms with Gasteiger partial charge in [-0.25, -0.2) is 0 Å². The van der Waals surface area contributed by atoms with E-state index in [2.05, 4.69) is 74.2 Å². The van der Waals surface area contributed by atoms with Gasteiger partial charge < -0.3 is 5.11 Å². The van der Waals surface area contributed by atoms with Crippen molar-refractivity contribution >= 4 is 0 Å². The van der Waals surface area contributed by atoms with Gasteiger partial charge in [-0.15, -0.1) is 0 Å². The number of nitrogens with zero attached hydrogens (tertiary/aromatic N) is 1. The van der Waals surface area contributed by atoms with Crippen LogP contribution in [-0.4, -0.2) is 22.1 Å². The highest BCUT2D eigenvalue weighted by Gasteiger charge is 2.41. The van der Waals surface area contributed by atoms with Crippen molar-refractivity contribution in [1.29, 1.82) is 0 Å². The van der Waals surface area contributed by atoms with Gasteiger partial charge in [-0.1, -0.05) is 78.9 Å². The molecular formula is C29H35NO. The largest absolute Gasteiger partial charge is 0.385 e. The number of rotatable bonds is 6. The number of hydrogen-bond acceptors (Lipinski definition) is 2. The summed E-state index contributed by atoms with van der Waals surface area (Å²) in [6, 6.07) is 28.7. The number of aryl methyl sites for hydroxylation is 2. The minimum absolute atomic E-state index is 0.191. The van der Waals surface area contributed by atoms with Gasteiger partial charge in [0.1, 0.15) is 0 Å². The van der Waals surface area contributed by atoms with E-state index < -0.39 is 5.60 Å². The maximum atomic E-state index is 11.5. The summed E-state index contributed by atoms with van der Waals surface area (Å²) in [5.41, 5.74) is 5.53. The highest BCUT2D eigenvalue weighted by Crippen LogP contribution is 2.43. The minimum Gasteiger partial charge on any atom is -0.385 e. The summed E-state index contributed by atoms with van der Waals surface area (Å²) in [6.45, 7) is 8.76. The smallest absolute Gasteiger partial charge is 0.0883 e. The third-order valence-corrected chi connectivity index (χ3v) is 7.14. The first-order valence-electron chi connectivity index (χ1n) is 11.5. The monoisotopic (exact) mass is 413 g/mol. The van der Waals surface area contributed by atoms with Crippen molar-refractivity contribution in [2.45, 2.75) is 70.7 Å². The Bertz CT molecular complexity index is 965. The zero-order valence-electron chi connectivity index (χ0n) is 19.3. The van der Waals surface area contributed by atoms with E-state index in [4.69, 9.17) is 0 Å². The summed E-state index contributed by atoms with van der Waals surface area (Å²) < 4.78 is 0. The van der Waals surface area contributed by atoms with E-state index in [-0.39, 0.29) is 6.04 Å². The Morgan fingerprint density at radius 1 is 0.839 bits per heavy atom. The molecule has 1 N–H and O–H groups in total. The lowest BCUT2D eigenvalue weighted by Crippen LogP contribution is -2.42. The van der Waals surface area contributed by atoms with Crippen LogP contribution in [0.3, 0.4) is 0 Å². The molecule has 3 aromatic carbocycles. The van der Waals surface area contributed by atoms with Crippen LogP contribution < -0.4 is 0 Å². The van der Waals surface area contributed by atoms with E-state index >= 15 is 0 Å². The molecule has 1 aliphatic heterocycles. The number of hydrogen-bond donors (Lipinski definition) is 1. The number of likely N-dealkylation sites (tertiary alicyclic amines) is 1. The first-order chi connectivity index (χ1) is 14.9. The number of aliphatic hydroxyl groups is 1. The van der Waals surface area contributed by atoms with Crippen LogP contribution >= 0.6 is 0 Å². The Balaban J connectivity index is 1.76. The van der Waals surface area contributed by atoms with Gasteiger partial charge in [0.2, 0.25) is 0 Å². The first-order valence-corrected chi connectivity index (χ1v) is 11.5. The van der Waals surface area contributed by atoms with E-state index in [1.807, 2.05) is 37.3 Å². The van der Waals surface area contributed by atoms with Gasteiger partial charge in [-0.2, -0.15) is 0 Å². The van der Waals surface area contributed by atoms with Crippen molar-refractivity contribution < 1.29 is 5.11 Å². The van der Waals surface area contributed by atoms with Crippen LogP contribution in [0.25, 0.3) is 0 Å². The normalized spacial score (nSPS) is 21.4. The molecule has 0 saturated carbocycles. The van der Waals surface area contributed by atoms with Crippen LogP contribution in [0, 0.1) is 13.8 Å². The maximum absolute atomic E-state index is 11.5. The average molecular weight is 414 g/mol. The molecule has 0 bridgehead atoms. The SMILES string of the molecule is Cc1ccccc1C(c1ccccc1C)N1C(C)CCC1CC(C)(O)c1ccccc1. The van der Waals surface area contributed by atoms with E-state index in [9.17, 15) is 5.11 Å².